The molecule has 37 heavy (non-hydrogen) atoms. The predicted octanol–water partition coefficient (Wildman–Crippen LogP) is 4.18. The fraction of sp³-hybridized carbons (Fsp3) is 0.310. The molecular formula is C29H35N3O4S. The quantitative estimate of drug-likeness (QED) is 0.388. The van der Waals surface area contributed by atoms with Crippen molar-refractivity contribution in [2.45, 2.75) is 44.6 Å². The average molecular weight is 522 g/mol. The van der Waals surface area contributed by atoms with Crippen LogP contribution in [0.25, 0.3) is 0 Å². The maximum Gasteiger partial charge on any atom is 0.264 e. The molecule has 0 spiro atoms. The minimum Gasteiger partial charge on any atom is -0.355 e. The van der Waals surface area contributed by atoms with E-state index in [-0.39, 0.29) is 17.3 Å². The molecule has 0 heterocycles. The lowest BCUT2D eigenvalue weighted by molar-refractivity contribution is -0.139. The van der Waals surface area contributed by atoms with E-state index in [1.165, 1.54) is 17.0 Å². The van der Waals surface area contributed by atoms with Crippen LogP contribution < -0.4 is 9.62 Å². The van der Waals surface area contributed by atoms with Gasteiger partial charge < -0.3 is 10.2 Å². The van der Waals surface area contributed by atoms with Crippen molar-refractivity contribution in [2.24, 2.45) is 0 Å². The molecule has 0 aliphatic heterocycles. The van der Waals surface area contributed by atoms with Crippen LogP contribution in [0.3, 0.4) is 0 Å². The van der Waals surface area contributed by atoms with E-state index < -0.39 is 28.5 Å². The highest BCUT2D eigenvalue weighted by molar-refractivity contribution is 7.92. The first-order valence-corrected chi connectivity index (χ1v) is 14.0. The zero-order chi connectivity index (χ0) is 26.8. The van der Waals surface area contributed by atoms with Crippen LogP contribution in [0.1, 0.15) is 31.4 Å². The number of benzene rings is 3. The fourth-order valence-corrected chi connectivity index (χ4v) is 5.76. The van der Waals surface area contributed by atoms with Gasteiger partial charge in [0.15, 0.2) is 0 Å². The van der Waals surface area contributed by atoms with Crippen molar-refractivity contribution in [3.05, 3.63) is 96.1 Å². The first-order chi connectivity index (χ1) is 17.8. The number of hydrogen-bond acceptors (Lipinski definition) is 4. The maximum atomic E-state index is 13.9. The molecular weight excluding hydrogens is 486 g/mol. The molecule has 7 nitrogen and oxygen atoms in total. The van der Waals surface area contributed by atoms with Crippen LogP contribution in [-0.4, -0.2) is 50.8 Å². The summed E-state index contributed by atoms with van der Waals surface area (Å²) in [5.74, 6) is -0.684. The van der Waals surface area contributed by atoms with E-state index >= 15 is 0 Å². The summed E-state index contributed by atoms with van der Waals surface area (Å²) < 4.78 is 28.7. The van der Waals surface area contributed by atoms with Gasteiger partial charge in [0, 0.05) is 13.1 Å². The number of carbonyl (C=O) groups excluding carboxylic acids is 2. The number of carbonyl (C=O) groups is 2. The molecule has 0 saturated carbocycles. The van der Waals surface area contributed by atoms with E-state index in [1.807, 2.05) is 63.2 Å². The Bertz CT molecular complexity index is 1280. The van der Waals surface area contributed by atoms with Crippen LogP contribution in [0.15, 0.2) is 89.8 Å². The van der Waals surface area contributed by atoms with Gasteiger partial charge in [-0.2, -0.15) is 0 Å². The second-order valence-electron chi connectivity index (χ2n) is 8.75. The maximum absolute atomic E-state index is 13.9. The normalized spacial score (nSPS) is 12.0. The van der Waals surface area contributed by atoms with Crippen LogP contribution in [0.4, 0.5) is 5.69 Å². The van der Waals surface area contributed by atoms with Crippen molar-refractivity contribution in [1.82, 2.24) is 10.2 Å². The Kier molecular flexibility index (Phi) is 9.85. The van der Waals surface area contributed by atoms with Crippen molar-refractivity contribution in [3.8, 4) is 0 Å². The van der Waals surface area contributed by atoms with Gasteiger partial charge in [-0.1, -0.05) is 73.7 Å². The fourth-order valence-electron chi connectivity index (χ4n) is 4.26. The Hall–Kier alpha value is -3.65. The number of para-hydroxylation sites is 1. The van der Waals surface area contributed by atoms with Gasteiger partial charge in [0.2, 0.25) is 11.8 Å². The van der Waals surface area contributed by atoms with Gasteiger partial charge in [0.25, 0.3) is 10.0 Å². The van der Waals surface area contributed by atoms with E-state index in [0.29, 0.717) is 25.1 Å². The van der Waals surface area contributed by atoms with Crippen LogP contribution in [0.5, 0.6) is 0 Å². The van der Waals surface area contributed by atoms with Gasteiger partial charge in [0.05, 0.1) is 10.6 Å². The molecule has 8 heteroatoms. The standard InChI is InChI=1S/C29H35N3O4S/c1-4-26(29(34)30-5-2)31(21-20-24-15-8-6-9-16-24)28(33)22-32(27-19-13-12-14-23(27)3)37(35,36)25-17-10-7-11-18-25/h6-19,26H,4-5,20-22H2,1-3H3,(H,30,34). The number of anilines is 1. The topological polar surface area (TPSA) is 86.8 Å². The largest absolute Gasteiger partial charge is 0.355 e. The molecule has 1 N–H and O–H groups in total. The third kappa shape index (κ3) is 6.98. The Morgan fingerprint density at radius 1 is 0.865 bits per heavy atom. The van der Waals surface area contributed by atoms with Crippen molar-refractivity contribution in [3.63, 3.8) is 0 Å². The van der Waals surface area contributed by atoms with Crippen LogP contribution in [0, 0.1) is 6.92 Å². The van der Waals surface area contributed by atoms with E-state index in [4.69, 9.17) is 0 Å². The number of likely N-dealkylation sites (N-methyl/N-ethyl adjacent to an activating group) is 1. The van der Waals surface area contributed by atoms with Gasteiger partial charge in [-0.15, -0.1) is 0 Å². The Labute approximate surface area is 220 Å². The molecule has 3 aromatic rings. The summed E-state index contributed by atoms with van der Waals surface area (Å²) in [7, 11) is -4.05. The van der Waals surface area contributed by atoms with Gasteiger partial charge in [-0.05, 0) is 56.0 Å². The lowest BCUT2D eigenvalue weighted by Gasteiger charge is -2.33. The zero-order valence-corrected chi connectivity index (χ0v) is 22.4. The van der Waals surface area contributed by atoms with E-state index in [9.17, 15) is 18.0 Å². The first-order valence-electron chi connectivity index (χ1n) is 12.5. The first kappa shape index (κ1) is 27.9. The number of hydrogen-bond donors (Lipinski definition) is 1. The summed E-state index contributed by atoms with van der Waals surface area (Å²) in [5.41, 5.74) is 2.17. The molecule has 3 rings (SSSR count). The molecule has 1 unspecified atom stereocenters. The molecule has 1 atom stereocenters. The van der Waals surface area contributed by atoms with Crippen molar-refractivity contribution < 1.29 is 18.0 Å². The Morgan fingerprint density at radius 3 is 2.05 bits per heavy atom. The summed E-state index contributed by atoms with van der Waals surface area (Å²) in [5, 5.41) is 2.82. The van der Waals surface area contributed by atoms with Gasteiger partial charge in [-0.3, -0.25) is 13.9 Å². The third-order valence-corrected chi connectivity index (χ3v) is 7.99. The minimum absolute atomic E-state index is 0.0951. The Balaban J connectivity index is 2.00. The van der Waals surface area contributed by atoms with Crippen LogP contribution in [0.2, 0.25) is 0 Å². The summed E-state index contributed by atoms with van der Waals surface area (Å²) in [6.45, 7) is 5.78. The minimum atomic E-state index is -4.05. The van der Waals surface area contributed by atoms with Gasteiger partial charge >= 0.3 is 0 Å². The van der Waals surface area contributed by atoms with E-state index in [0.717, 1.165) is 15.4 Å². The number of nitrogens with one attached hydrogen (secondary N) is 1. The Morgan fingerprint density at radius 2 is 1.46 bits per heavy atom. The van der Waals surface area contributed by atoms with E-state index in [2.05, 4.69) is 5.32 Å². The number of rotatable bonds is 12. The molecule has 0 bridgehead atoms. The van der Waals surface area contributed by atoms with Crippen LogP contribution in [-0.2, 0) is 26.0 Å². The summed E-state index contributed by atoms with van der Waals surface area (Å²) in [6, 6.07) is 24.1. The van der Waals surface area contributed by atoms with E-state index in [1.54, 1.807) is 30.3 Å². The lowest BCUT2D eigenvalue weighted by atomic mass is 10.1. The molecule has 0 aliphatic rings. The molecule has 0 fully saturated rings. The third-order valence-electron chi connectivity index (χ3n) is 6.22. The van der Waals surface area contributed by atoms with Crippen molar-refractivity contribution in [1.29, 1.82) is 0 Å². The SMILES string of the molecule is CCNC(=O)C(CC)N(CCc1ccccc1)C(=O)CN(c1ccccc1C)S(=O)(=O)c1ccccc1. The monoisotopic (exact) mass is 521 g/mol. The van der Waals surface area contributed by atoms with Crippen LogP contribution >= 0.6 is 0 Å². The van der Waals surface area contributed by atoms with Crippen molar-refractivity contribution in [2.75, 3.05) is 23.9 Å². The molecule has 3 aromatic carbocycles. The highest BCUT2D eigenvalue weighted by Gasteiger charge is 2.33. The second-order valence-corrected chi connectivity index (χ2v) is 10.6. The number of amides is 2. The lowest BCUT2D eigenvalue weighted by Crippen LogP contribution is -2.53. The highest BCUT2D eigenvalue weighted by atomic mass is 32.2. The number of sulfonamides is 1. The molecule has 0 saturated heterocycles. The smallest absolute Gasteiger partial charge is 0.264 e. The van der Waals surface area contributed by atoms with Gasteiger partial charge in [0.1, 0.15) is 12.6 Å². The summed E-state index contributed by atoms with van der Waals surface area (Å²) in [6.07, 6.45) is 0.945. The van der Waals surface area contributed by atoms with Crippen molar-refractivity contribution >= 4 is 27.5 Å². The van der Waals surface area contributed by atoms with Gasteiger partial charge in [-0.25, -0.2) is 8.42 Å². The zero-order valence-electron chi connectivity index (χ0n) is 21.6. The molecule has 0 aromatic heterocycles. The number of aryl methyl sites for hydroxylation is 1. The predicted molar refractivity (Wildman–Crippen MR) is 147 cm³/mol. The summed E-state index contributed by atoms with van der Waals surface area (Å²) >= 11 is 0. The molecule has 0 aliphatic carbocycles. The number of nitrogens with zero attached hydrogens (tertiary/aromatic N) is 2. The molecule has 2 amide bonds. The summed E-state index contributed by atoms with van der Waals surface area (Å²) in [4.78, 5) is 28.4. The molecule has 196 valence electrons. The average Bonchev–Trinajstić information content (AvgIpc) is 2.91. The second kappa shape index (κ2) is 13.1. The highest BCUT2D eigenvalue weighted by Crippen LogP contribution is 2.27. The molecule has 0 radical (unpaired) electrons.